The summed E-state index contributed by atoms with van der Waals surface area (Å²) in [6, 6.07) is 15.2. The van der Waals surface area contributed by atoms with E-state index in [0.717, 1.165) is 17.3 Å². The van der Waals surface area contributed by atoms with Gasteiger partial charge in [0.1, 0.15) is 0 Å². The topological polar surface area (TPSA) is 66.9 Å². The molecule has 0 saturated heterocycles. The summed E-state index contributed by atoms with van der Waals surface area (Å²) in [7, 11) is 0. The summed E-state index contributed by atoms with van der Waals surface area (Å²) in [6.07, 6.45) is -4.57. The van der Waals surface area contributed by atoms with Crippen molar-refractivity contribution in [1.82, 2.24) is 10.2 Å². The Morgan fingerprint density at radius 1 is 0.963 bits per heavy atom. The van der Waals surface area contributed by atoms with E-state index in [4.69, 9.17) is 0 Å². The predicted octanol–water partition coefficient (Wildman–Crippen LogP) is 4.80. The van der Waals surface area contributed by atoms with Crippen molar-refractivity contribution in [3.05, 3.63) is 77.5 Å². The number of benzene rings is 2. The standard InChI is InChI=1S/C19H15F3N4O/c1-12-5-4-6-13(11-12)23-17-10-9-16(25-26-17)18(27)24-15-8-3-2-7-14(15)19(20,21)22/h2-11H,1H3,(H,23,26)(H,24,27). The first kappa shape index (κ1) is 18.4. The number of amides is 1. The molecule has 3 aromatic rings. The molecule has 1 aromatic heterocycles. The molecule has 138 valence electrons. The number of carbonyl (C=O) groups excluding carboxylic acids is 1. The molecule has 0 fully saturated rings. The van der Waals surface area contributed by atoms with E-state index >= 15 is 0 Å². The second kappa shape index (κ2) is 7.45. The van der Waals surface area contributed by atoms with Crippen LogP contribution in [0.3, 0.4) is 0 Å². The van der Waals surface area contributed by atoms with Crippen molar-refractivity contribution in [2.75, 3.05) is 10.6 Å². The number of rotatable bonds is 4. The molecule has 0 spiro atoms. The zero-order chi connectivity index (χ0) is 19.4. The van der Waals surface area contributed by atoms with Gasteiger partial charge in [-0.3, -0.25) is 4.79 Å². The normalized spacial score (nSPS) is 11.1. The van der Waals surface area contributed by atoms with Crippen LogP contribution in [0.4, 0.5) is 30.4 Å². The van der Waals surface area contributed by atoms with Gasteiger partial charge in [-0.25, -0.2) is 0 Å². The number of halogens is 3. The average molecular weight is 372 g/mol. The molecule has 1 heterocycles. The number of para-hydroxylation sites is 1. The highest BCUT2D eigenvalue weighted by molar-refractivity contribution is 6.03. The molecule has 1 amide bonds. The van der Waals surface area contributed by atoms with E-state index in [0.29, 0.717) is 5.82 Å². The Balaban J connectivity index is 1.73. The molecule has 8 heteroatoms. The van der Waals surface area contributed by atoms with Gasteiger partial charge in [0.25, 0.3) is 5.91 Å². The Kier molecular flexibility index (Phi) is 5.07. The number of alkyl halides is 3. The number of hydrogen-bond donors (Lipinski definition) is 2. The van der Waals surface area contributed by atoms with Gasteiger partial charge in [0.05, 0.1) is 11.3 Å². The minimum atomic E-state index is -4.57. The van der Waals surface area contributed by atoms with Crippen molar-refractivity contribution < 1.29 is 18.0 Å². The van der Waals surface area contributed by atoms with Crippen LogP contribution >= 0.6 is 0 Å². The second-order valence-electron chi connectivity index (χ2n) is 5.80. The highest BCUT2D eigenvalue weighted by atomic mass is 19.4. The molecule has 2 aromatic carbocycles. The van der Waals surface area contributed by atoms with E-state index in [1.165, 1.54) is 30.3 Å². The number of hydrogen-bond acceptors (Lipinski definition) is 4. The lowest BCUT2D eigenvalue weighted by atomic mass is 10.1. The van der Waals surface area contributed by atoms with Crippen LogP contribution < -0.4 is 10.6 Å². The lowest BCUT2D eigenvalue weighted by molar-refractivity contribution is -0.136. The Morgan fingerprint density at radius 2 is 1.74 bits per heavy atom. The third-order valence-corrected chi connectivity index (χ3v) is 3.67. The Morgan fingerprint density at radius 3 is 2.41 bits per heavy atom. The summed E-state index contributed by atoms with van der Waals surface area (Å²) in [4.78, 5) is 12.2. The van der Waals surface area contributed by atoms with Crippen LogP contribution in [0.2, 0.25) is 0 Å². The fourth-order valence-electron chi connectivity index (χ4n) is 2.42. The third-order valence-electron chi connectivity index (χ3n) is 3.67. The molecular formula is C19H15F3N4O. The molecule has 0 unspecified atom stereocenters. The summed E-state index contributed by atoms with van der Waals surface area (Å²) in [5, 5.41) is 12.9. The Labute approximate surface area is 153 Å². The number of nitrogens with zero attached hydrogens (tertiary/aromatic N) is 2. The van der Waals surface area contributed by atoms with Crippen molar-refractivity contribution in [1.29, 1.82) is 0 Å². The molecule has 5 nitrogen and oxygen atoms in total. The summed E-state index contributed by atoms with van der Waals surface area (Å²) in [6.45, 7) is 1.95. The van der Waals surface area contributed by atoms with Gasteiger partial charge in [-0.2, -0.15) is 13.2 Å². The molecule has 27 heavy (non-hydrogen) atoms. The second-order valence-corrected chi connectivity index (χ2v) is 5.80. The SMILES string of the molecule is Cc1cccc(Nc2ccc(C(=O)Nc3ccccc3C(F)(F)F)nn2)c1. The van der Waals surface area contributed by atoms with Gasteiger partial charge >= 0.3 is 6.18 Å². The van der Waals surface area contributed by atoms with Crippen LogP contribution in [0.25, 0.3) is 0 Å². The number of aromatic nitrogens is 2. The summed E-state index contributed by atoms with van der Waals surface area (Å²) in [5.41, 5.74) is 0.512. The maximum absolute atomic E-state index is 13.0. The van der Waals surface area contributed by atoms with Crippen molar-refractivity contribution in [2.45, 2.75) is 13.1 Å². The minimum absolute atomic E-state index is 0.0956. The zero-order valence-corrected chi connectivity index (χ0v) is 14.2. The molecule has 0 aliphatic rings. The molecule has 0 aliphatic carbocycles. The van der Waals surface area contributed by atoms with Crippen molar-refractivity contribution in [3.63, 3.8) is 0 Å². The third kappa shape index (κ3) is 4.60. The minimum Gasteiger partial charge on any atom is -0.339 e. The lowest BCUT2D eigenvalue weighted by Crippen LogP contribution is -2.18. The number of anilines is 3. The molecule has 0 bridgehead atoms. The van der Waals surface area contributed by atoms with Gasteiger partial charge in [-0.05, 0) is 48.9 Å². The van der Waals surface area contributed by atoms with Gasteiger partial charge in [-0.15, -0.1) is 10.2 Å². The summed E-state index contributed by atoms with van der Waals surface area (Å²) >= 11 is 0. The predicted molar refractivity (Wildman–Crippen MR) is 95.9 cm³/mol. The smallest absolute Gasteiger partial charge is 0.339 e. The van der Waals surface area contributed by atoms with Gasteiger partial charge in [0.2, 0.25) is 0 Å². The number of nitrogens with one attached hydrogen (secondary N) is 2. The van der Waals surface area contributed by atoms with E-state index < -0.39 is 17.6 Å². The number of carbonyl (C=O) groups is 1. The molecule has 3 rings (SSSR count). The first-order chi connectivity index (χ1) is 12.8. The maximum atomic E-state index is 13.0. The van der Waals surface area contributed by atoms with Gasteiger partial charge in [0.15, 0.2) is 11.5 Å². The first-order valence-corrected chi connectivity index (χ1v) is 7.98. The lowest BCUT2D eigenvalue weighted by Gasteiger charge is -2.13. The van der Waals surface area contributed by atoms with Crippen LogP contribution in [0, 0.1) is 6.92 Å². The van der Waals surface area contributed by atoms with Crippen LogP contribution in [0.5, 0.6) is 0 Å². The summed E-state index contributed by atoms with van der Waals surface area (Å²) in [5.74, 6) is -0.367. The van der Waals surface area contributed by atoms with Crippen LogP contribution in [-0.4, -0.2) is 16.1 Å². The van der Waals surface area contributed by atoms with Crippen LogP contribution in [0.1, 0.15) is 21.6 Å². The van der Waals surface area contributed by atoms with Crippen LogP contribution in [0.15, 0.2) is 60.7 Å². The Bertz CT molecular complexity index is 956. The molecule has 0 radical (unpaired) electrons. The van der Waals surface area contributed by atoms with E-state index in [2.05, 4.69) is 20.8 Å². The van der Waals surface area contributed by atoms with E-state index in [1.54, 1.807) is 0 Å². The fourth-order valence-corrected chi connectivity index (χ4v) is 2.42. The fraction of sp³-hybridized carbons (Fsp3) is 0.105. The van der Waals surface area contributed by atoms with E-state index in [9.17, 15) is 18.0 Å². The largest absolute Gasteiger partial charge is 0.418 e. The Hall–Kier alpha value is -3.42. The van der Waals surface area contributed by atoms with E-state index in [-0.39, 0.29) is 11.4 Å². The van der Waals surface area contributed by atoms with Crippen LogP contribution in [-0.2, 0) is 6.18 Å². The average Bonchev–Trinajstić information content (AvgIpc) is 2.62. The molecular weight excluding hydrogens is 357 g/mol. The number of aryl methyl sites for hydroxylation is 1. The monoisotopic (exact) mass is 372 g/mol. The van der Waals surface area contributed by atoms with Crippen molar-refractivity contribution in [3.8, 4) is 0 Å². The highest BCUT2D eigenvalue weighted by Gasteiger charge is 2.33. The van der Waals surface area contributed by atoms with Crippen molar-refractivity contribution in [2.24, 2.45) is 0 Å². The maximum Gasteiger partial charge on any atom is 0.418 e. The quantitative estimate of drug-likeness (QED) is 0.690. The van der Waals surface area contributed by atoms with Gasteiger partial charge in [0, 0.05) is 5.69 Å². The molecule has 2 N–H and O–H groups in total. The van der Waals surface area contributed by atoms with Gasteiger partial charge in [-0.1, -0.05) is 24.3 Å². The van der Waals surface area contributed by atoms with E-state index in [1.807, 2.05) is 31.2 Å². The highest BCUT2D eigenvalue weighted by Crippen LogP contribution is 2.34. The molecule has 0 atom stereocenters. The van der Waals surface area contributed by atoms with Crippen molar-refractivity contribution >= 4 is 23.1 Å². The molecule has 0 saturated carbocycles. The first-order valence-electron chi connectivity index (χ1n) is 7.98. The summed E-state index contributed by atoms with van der Waals surface area (Å²) < 4.78 is 39.0. The van der Waals surface area contributed by atoms with Gasteiger partial charge < -0.3 is 10.6 Å². The zero-order valence-electron chi connectivity index (χ0n) is 14.2. The molecule has 0 aliphatic heterocycles.